The fraction of sp³-hybridized carbons (Fsp3) is 0.194. The van der Waals surface area contributed by atoms with Crippen LogP contribution in [0.5, 0.6) is 17.2 Å². The summed E-state index contributed by atoms with van der Waals surface area (Å²) in [6, 6.07) is 25.6. The quantitative estimate of drug-likeness (QED) is 0.302. The van der Waals surface area contributed by atoms with Gasteiger partial charge in [-0.15, -0.1) is 0 Å². The number of amides is 1. The number of fused-ring (bicyclic) bond motifs is 7. The number of hydrogen-bond acceptors (Lipinski definition) is 7. The molecule has 4 aromatic rings. The summed E-state index contributed by atoms with van der Waals surface area (Å²) in [6.07, 6.45) is 2.04. The predicted molar refractivity (Wildman–Crippen MR) is 165 cm³/mol. The zero-order valence-electron chi connectivity index (χ0n) is 24.1. The first-order valence-electron chi connectivity index (χ1n) is 14.5. The second kappa shape index (κ2) is 9.57. The lowest BCUT2D eigenvalue weighted by molar-refractivity contribution is -0.121. The van der Waals surface area contributed by atoms with E-state index in [1.807, 2.05) is 66.4 Å². The minimum absolute atomic E-state index is 0.0593. The van der Waals surface area contributed by atoms with Crippen molar-refractivity contribution in [2.24, 2.45) is 5.92 Å². The largest absolute Gasteiger partial charge is 0.497 e. The summed E-state index contributed by atoms with van der Waals surface area (Å²) in [6.45, 7) is 2.07. The van der Waals surface area contributed by atoms with Gasteiger partial charge in [0.25, 0.3) is 0 Å². The Morgan fingerprint density at radius 1 is 0.886 bits per heavy atom. The van der Waals surface area contributed by atoms with Crippen LogP contribution >= 0.6 is 0 Å². The number of ether oxygens (including phenoxy) is 3. The number of anilines is 2. The molecule has 8 rings (SSSR count). The minimum atomic E-state index is -1.40. The van der Waals surface area contributed by atoms with E-state index in [0.717, 1.165) is 16.8 Å². The van der Waals surface area contributed by atoms with Crippen molar-refractivity contribution >= 4 is 34.4 Å². The van der Waals surface area contributed by atoms with Crippen LogP contribution in [0.15, 0.2) is 97.1 Å². The lowest BCUT2D eigenvalue weighted by Gasteiger charge is -2.39. The number of allylic oxidation sites excluding steroid dienone is 1. The van der Waals surface area contributed by atoms with Gasteiger partial charge in [-0.3, -0.25) is 14.4 Å². The molecule has 4 aliphatic rings. The summed E-state index contributed by atoms with van der Waals surface area (Å²) in [5.41, 5.74) is 3.39. The second-order valence-corrected chi connectivity index (χ2v) is 11.5. The molecule has 8 heteroatoms. The van der Waals surface area contributed by atoms with Crippen molar-refractivity contribution < 1.29 is 28.6 Å². The predicted octanol–water partition coefficient (Wildman–Crippen LogP) is 5.67. The highest BCUT2D eigenvalue weighted by Gasteiger charge is 2.70. The Bertz CT molecular complexity index is 1930. The number of benzene rings is 4. The van der Waals surface area contributed by atoms with Gasteiger partial charge in [-0.1, -0.05) is 54.6 Å². The molecule has 44 heavy (non-hydrogen) atoms. The average Bonchev–Trinajstić information content (AvgIpc) is 3.73. The Labute approximate surface area is 253 Å². The zero-order valence-corrected chi connectivity index (χ0v) is 24.1. The van der Waals surface area contributed by atoms with E-state index >= 15 is 4.79 Å². The van der Waals surface area contributed by atoms with Crippen molar-refractivity contribution in [1.82, 2.24) is 0 Å². The summed E-state index contributed by atoms with van der Waals surface area (Å²) in [5.74, 6) is -0.478. The van der Waals surface area contributed by atoms with E-state index < -0.39 is 23.4 Å². The maximum atomic E-state index is 15.1. The van der Waals surface area contributed by atoms with Crippen LogP contribution < -0.4 is 24.4 Å². The molecule has 4 heterocycles. The number of nitrogens with one attached hydrogen (secondary N) is 1. The highest BCUT2D eigenvalue weighted by Crippen LogP contribution is 2.59. The number of ketones is 2. The van der Waals surface area contributed by atoms with Crippen LogP contribution in [0.2, 0.25) is 0 Å². The molecule has 4 atom stereocenters. The number of hydrogen-bond donors (Lipinski definition) is 1. The molecule has 4 aliphatic heterocycles. The first-order chi connectivity index (χ1) is 21.4. The summed E-state index contributed by atoms with van der Waals surface area (Å²) in [5, 5.41) is 3.07. The number of carbonyl (C=O) groups excluding carboxylic acids is 3. The first-order valence-corrected chi connectivity index (χ1v) is 14.5. The molecule has 1 saturated heterocycles. The Morgan fingerprint density at radius 3 is 2.52 bits per heavy atom. The molecular weight excluding hydrogens is 556 g/mol. The Balaban J connectivity index is 1.42. The van der Waals surface area contributed by atoms with Gasteiger partial charge >= 0.3 is 0 Å². The number of nitrogens with zero attached hydrogens (tertiary/aromatic N) is 1. The lowest BCUT2D eigenvalue weighted by atomic mass is 9.64. The van der Waals surface area contributed by atoms with E-state index in [-0.39, 0.29) is 24.3 Å². The van der Waals surface area contributed by atoms with Gasteiger partial charge in [0.05, 0.1) is 19.1 Å². The van der Waals surface area contributed by atoms with Crippen LogP contribution in [0.4, 0.5) is 11.4 Å². The lowest BCUT2D eigenvalue weighted by Crippen LogP contribution is -2.51. The van der Waals surface area contributed by atoms with Crippen LogP contribution in [0, 0.1) is 5.92 Å². The Kier molecular flexibility index (Phi) is 5.71. The number of para-hydroxylation sites is 2. The summed E-state index contributed by atoms with van der Waals surface area (Å²) in [4.78, 5) is 46.5. The monoisotopic (exact) mass is 584 g/mol. The third-order valence-corrected chi connectivity index (χ3v) is 9.45. The van der Waals surface area contributed by atoms with Gasteiger partial charge in [-0.25, -0.2) is 0 Å². The van der Waals surface area contributed by atoms with Gasteiger partial charge in [-0.2, -0.15) is 0 Å². The third kappa shape index (κ3) is 3.48. The molecule has 218 valence electrons. The van der Waals surface area contributed by atoms with Crippen molar-refractivity contribution in [2.45, 2.75) is 24.4 Å². The number of rotatable bonds is 5. The van der Waals surface area contributed by atoms with Crippen LogP contribution in [-0.2, 0) is 10.2 Å². The topological polar surface area (TPSA) is 94.2 Å². The molecular formula is C36H28N2O6. The number of Topliss-reactive ketones (excluding diaryl/α,β-unsaturated/α-hetero) is 2. The zero-order chi connectivity index (χ0) is 30.2. The molecule has 4 aromatic carbocycles. The summed E-state index contributed by atoms with van der Waals surface area (Å²) >= 11 is 0. The molecule has 1 amide bonds. The molecule has 1 fully saturated rings. The van der Waals surface area contributed by atoms with Crippen LogP contribution in [-0.4, -0.2) is 43.5 Å². The van der Waals surface area contributed by atoms with E-state index in [0.29, 0.717) is 39.6 Å². The van der Waals surface area contributed by atoms with Crippen LogP contribution in [0.1, 0.15) is 38.8 Å². The molecule has 0 aromatic heterocycles. The van der Waals surface area contributed by atoms with Gasteiger partial charge in [0.15, 0.2) is 23.1 Å². The van der Waals surface area contributed by atoms with Gasteiger partial charge in [0.2, 0.25) is 12.7 Å². The fourth-order valence-corrected chi connectivity index (χ4v) is 7.56. The van der Waals surface area contributed by atoms with Gasteiger partial charge in [0, 0.05) is 28.1 Å². The smallest absolute Gasteiger partial charge is 0.238 e. The number of methoxy groups -OCH3 is 1. The standard InChI is InChI=1S/C36H28N2O6/c1-20-16-30-36(25-11-4-5-12-26(25)37-35(36)41)31(33(39)22-14-15-28-29(18-22)44-19-43-28)32(38(30)27-13-6-3-10-24(20)27)34(40)21-8-7-9-23(17-21)42-2/h3-18,30-32H,19H2,1-2H3,(H,37,41)/t30-,31-,32-,36-/m0/s1. The Hall–Kier alpha value is -5.37. The molecule has 0 bridgehead atoms. The molecule has 0 saturated carbocycles. The number of carbonyl (C=O) groups is 3. The van der Waals surface area contributed by atoms with Gasteiger partial charge < -0.3 is 24.4 Å². The highest BCUT2D eigenvalue weighted by atomic mass is 16.7. The van der Waals surface area contributed by atoms with Crippen LogP contribution in [0.25, 0.3) is 5.57 Å². The van der Waals surface area contributed by atoms with Crippen molar-refractivity contribution in [3.05, 3.63) is 119 Å². The van der Waals surface area contributed by atoms with E-state index in [1.165, 1.54) is 0 Å². The Morgan fingerprint density at radius 2 is 1.66 bits per heavy atom. The molecule has 1 spiro atoms. The molecule has 0 aliphatic carbocycles. The van der Waals surface area contributed by atoms with Crippen molar-refractivity contribution in [3.8, 4) is 17.2 Å². The SMILES string of the molecule is COc1cccc(C(=O)[C@@H]2[C@@H](C(=O)c3ccc4c(c3)OCO4)[C@@]3(C(=O)Nc4ccccc43)[C@@H]3C=C(C)c4ccccc4N23)c1. The molecule has 0 radical (unpaired) electrons. The highest BCUT2D eigenvalue weighted by molar-refractivity contribution is 6.18. The molecule has 8 nitrogen and oxygen atoms in total. The normalized spacial score (nSPS) is 23.9. The second-order valence-electron chi connectivity index (χ2n) is 11.5. The average molecular weight is 585 g/mol. The van der Waals surface area contributed by atoms with Gasteiger partial charge in [0.1, 0.15) is 17.2 Å². The third-order valence-electron chi connectivity index (χ3n) is 9.45. The fourth-order valence-electron chi connectivity index (χ4n) is 7.56. The molecule has 0 unspecified atom stereocenters. The minimum Gasteiger partial charge on any atom is -0.497 e. The van der Waals surface area contributed by atoms with Crippen LogP contribution in [0.3, 0.4) is 0 Å². The van der Waals surface area contributed by atoms with Crippen molar-refractivity contribution in [3.63, 3.8) is 0 Å². The maximum Gasteiger partial charge on any atom is 0.238 e. The molecule has 1 N–H and O–H groups in total. The van der Waals surface area contributed by atoms with E-state index in [9.17, 15) is 9.59 Å². The van der Waals surface area contributed by atoms with E-state index in [4.69, 9.17) is 14.2 Å². The van der Waals surface area contributed by atoms with Crippen molar-refractivity contribution in [2.75, 3.05) is 24.1 Å². The van der Waals surface area contributed by atoms with Gasteiger partial charge in [-0.05, 0) is 60.5 Å². The first kappa shape index (κ1) is 26.3. The summed E-state index contributed by atoms with van der Waals surface area (Å²) in [7, 11) is 1.55. The van der Waals surface area contributed by atoms with E-state index in [2.05, 4.69) is 5.32 Å². The van der Waals surface area contributed by atoms with Crippen molar-refractivity contribution in [1.29, 1.82) is 0 Å². The van der Waals surface area contributed by atoms with E-state index in [1.54, 1.807) is 49.6 Å². The maximum absolute atomic E-state index is 15.1. The summed E-state index contributed by atoms with van der Waals surface area (Å²) < 4.78 is 16.6.